The van der Waals surface area contributed by atoms with Gasteiger partial charge in [-0.3, -0.25) is 0 Å². The van der Waals surface area contributed by atoms with Crippen molar-refractivity contribution in [2.75, 3.05) is 5.32 Å². The van der Waals surface area contributed by atoms with Crippen molar-refractivity contribution < 1.29 is 8.78 Å². The summed E-state index contributed by atoms with van der Waals surface area (Å²) in [7, 11) is 0. The summed E-state index contributed by atoms with van der Waals surface area (Å²) in [6, 6.07) is 5.65. The molecule has 3 aromatic rings. The number of rotatable bonds is 5. The van der Waals surface area contributed by atoms with E-state index >= 15 is 0 Å². The summed E-state index contributed by atoms with van der Waals surface area (Å²) in [5.41, 5.74) is 7.37. The average molecular weight is 428 g/mol. The molecule has 27 heavy (non-hydrogen) atoms. The largest absolute Gasteiger partial charge is 0.379 e. The SMILES string of the molecule is NC1CCCCC1c1sc2c(NCc3cccs3)cc(Cl)nc2c1C(F)F. The highest BCUT2D eigenvalue weighted by Crippen LogP contribution is 2.47. The molecule has 3 heterocycles. The summed E-state index contributed by atoms with van der Waals surface area (Å²) in [5, 5.41) is 5.57. The maximum Gasteiger partial charge on any atom is 0.267 e. The van der Waals surface area contributed by atoms with Crippen molar-refractivity contribution in [3.63, 3.8) is 0 Å². The van der Waals surface area contributed by atoms with Gasteiger partial charge in [-0.25, -0.2) is 13.8 Å². The van der Waals surface area contributed by atoms with Gasteiger partial charge in [0.15, 0.2) is 0 Å². The van der Waals surface area contributed by atoms with E-state index in [9.17, 15) is 8.78 Å². The summed E-state index contributed by atoms with van der Waals surface area (Å²) in [6.07, 6.45) is 1.20. The molecular weight excluding hydrogens is 408 g/mol. The first-order valence-electron chi connectivity index (χ1n) is 8.97. The highest BCUT2D eigenvalue weighted by molar-refractivity contribution is 7.20. The number of nitrogens with zero attached hydrogens (tertiary/aromatic N) is 1. The topological polar surface area (TPSA) is 50.9 Å². The maximum absolute atomic E-state index is 14.0. The number of alkyl halides is 2. The van der Waals surface area contributed by atoms with Gasteiger partial charge in [0.25, 0.3) is 6.43 Å². The van der Waals surface area contributed by atoms with Gasteiger partial charge in [0.2, 0.25) is 0 Å². The summed E-state index contributed by atoms with van der Waals surface area (Å²) in [5.74, 6) is -0.0362. The highest BCUT2D eigenvalue weighted by Gasteiger charge is 2.32. The van der Waals surface area contributed by atoms with Crippen LogP contribution in [0.25, 0.3) is 10.2 Å². The van der Waals surface area contributed by atoms with Crippen molar-refractivity contribution in [3.05, 3.63) is 44.1 Å². The third kappa shape index (κ3) is 3.83. The number of hydrogen-bond acceptors (Lipinski definition) is 5. The van der Waals surface area contributed by atoms with Crippen molar-refractivity contribution in [2.45, 2.75) is 50.6 Å². The fourth-order valence-electron chi connectivity index (χ4n) is 3.77. The first kappa shape index (κ1) is 19.1. The summed E-state index contributed by atoms with van der Waals surface area (Å²) >= 11 is 9.21. The van der Waals surface area contributed by atoms with Gasteiger partial charge in [-0.05, 0) is 24.3 Å². The Kier molecular flexibility index (Phi) is 5.64. The number of thiophene rings is 2. The van der Waals surface area contributed by atoms with E-state index in [1.54, 1.807) is 17.4 Å². The molecule has 3 aromatic heterocycles. The first-order chi connectivity index (χ1) is 13.0. The molecule has 2 atom stereocenters. The molecule has 8 heteroatoms. The molecule has 4 rings (SSSR count). The van der Waals surface area contributed by atoms with Gasteiger partial charge in [-0.2, -0.15) is 0 Å². The molecule has 0 spiro atoms. The van der Waals surface area contributed by atoms with Crippen LogP contribution in [-0.2, 0) is 6.54 Å². The molecule has 1 aliphatic carbocycles. The minimum Gasteiger partial charge on any atom is -0.379 e. The highest BCUT2D eigenvalue weighted by atomic mass is 35.5. The second-order valence-corrected chi connectivity index (χ2v) is 9.31. The second-order valence-electron chi connectivity index (χ2n) is 6.84. The number of aromatic nitrogens is 1. The van der Waals surface area contributed by atoms with Gasteiger partial charge >= 0.3 is 0 Å². The van der Waals surface area contributed by atoms with Crippen molar-refractivity contribution in [3.8, 4) is 0 Å². The predicted octanol–water partition coefficient (Wildman–Crippen LogP) is 6.55. The van der Waals surface area contributed by atoms with E-state index in [0.717, 1.165) is 40.9 Å². The first-order valence-corrected chi connectivity index (χ1v) is 11.0. The third-order valence-corrected chi connectivity index (χ3v) is 7.51. The van der Waals surface area contributed by atoms with Crippen molar-refractivity contribution in [1.29, 1.82) is 0 Å². The normalized spacial score (nSPS) is 20.5. The smallest absolute Gasteiger partial charge is 0.267 e. The Bertz CT molecular complexity index is 927. The zero-order valence-electron chi connectivity index (χ0n) is 14.6. The van der Waals surface area contributed by atoms with Crippen LogP contribution in [0.15, 0.2) is 23.6 Å². The molecule has 144 valence electrons. The zero-order valence-corrected chi connectivity index (χ0v) is 16.9. The number of anilines is 1. The van der Waals surface area contributed by atoms with Gasteiger partial charge < -0.3 is 11.1 Å². The van der Waals surface area contributed by atoms with Crippen LogP contribution < -0.4 is 11.1 Å². The molecule has 0 radical (unpaired) electrons. The lowest BCUT2D eigenvalue weighted by molar-refractivity contribution is 0.151. The number of hydrogen-bond donors (Lipinski definition) is 2. The molecule has 0 amide bonds. The molecule has 0 aromatic carbocycles. The van der Waals surface area contributed by atoms with Gasteiger partial charge in [-0.1, -0.05) is 30.5 Å². The van der Waals surface area contributed by atoms with Gasteiger partial charge in [0.1, 0.15) is 5.15 Å². The zero-order chi connectivity index (χ0) is 19.0. The molecule has 3 N–H and O–H groups in total. The molecule has 1 aliphatic rings. The van der Waals surface area contributed by atoms with E-state index in [-0.39, 0.29) is 22.7 Å². The van der Waals surface area contributed by atoms with Crippen LogP contribution >= 0.6 is 34.3 Å². The molecule has 2 unspecified atom stereocenters. The fourth-order valence-corrected chi connectivity index (χ4v) is 6.06. The van der Waals surface area contributed by atoms with E-state index < -0.39 is 6.43 Å². The van der Waals surface area contributed by atoms with E-state index in [2.05, 4.69) is 10.3 Å². The van der Waals surface area contributed by atoms with Crippen LogP contribution in [0.4, 0.5) is 14.5 Å². The average Bonchev–Trinajstić information content (AvgIpc) is 3.27. The summed E-state index contributed by atoms with van der Waals surface area (Å²) in [4.78, 5) is 6.11. The summed E-state index contributed by atoms with van der Waals surface area (Å²) < 4.78 is 28.8. The molecule has 0 aliphatic heterocycles. The minimum absolute atomic E-state index is 0.0130. The van der Waals surface area contributed by atoms with Crippen molar-refractivity contribution >= 4 is 50.2 Å². The second kappa shape index (κ2) is 7.99. The number of nitrogens with one attached hydrogen (secondary N) is 1. The van der Waals surface area contributed by atoms with Crippen LogP contribution in [-0.4, -0.2) is 11.0 Å². The fraction of sp³-hybridized carbons (Fsp3) is 0.421. The lowest BCUT2D eigenvalue weighted by Crippen LogP contribution is -2.31. The van der Waals surface area contributed by atoms with Gasteiger partial charge in [0.05, 0.1) is 21.5 Å². The number of pyridine rings is 1. The van der Waals surface area contributed by atoms with E-state index in [1.807, 2.05) is 17.5 Å². The molecule has 0 saturated heterocycles. The van der Waals surface area contributed by atoms with Crippen LogP contribution in [0.5, 0.6) is 0 Å². The maximum atomic E-state index is 14.0. The Morgan fingerprint density at radius 3 is 2.85 bits per heavy atom. The van der Waals surface area contributed by atoms with Crippen LogP contribution in [0.2, 0.25) is 5.15 Å². The van der Waals surface area contributed by atoms with Crippen molar-refractivity contribution in [2.24, 2.45) is 5.73 Å². The standard InChI is InChI=1S/C19H20ClF2N3S2/c20-14-8-13(24-9-10-4-3-7-26-10)18-16(25-14)15(19(21)22)17(27-18)11-5-1-2-6-12(11)23/h3-4,7-8,11-12,19H,1-2,5-6,9,23H2,(H,24,25). The van der Waals surface area contributed by atoms with E-state index in [4.69, 9.17) is 17.3 Å². The Balaban J connectivity index is 1.79. The van der Waals surface area contributed by atoms with Crippen LogP contribution in [0, 0.1) is 0 Å². The lowest BCUT2D eigenvalue weighted by atomic mass is 9.83. The van der Waals surface area contributed by atoms with Crippen molar-refractivity contribution in [1.82, 2.24) is 4.98 Å². The summed E-state index contributed by atoms with van der Waals surface area (Å²) in [6.45, 7) is 0.618. The number of nitrogens with two attached hydrogens (primary N) is 1. The Labute approximate surface area is 169 Å². The van der Waals surface area contributed by atoms with Crippen LogP contribution in [0.3, 0.4) is 0 Å². The Morgan fingerprint density at radius 1 is 1.33 bits per heavy atom. The molecule has 1 saturated carbocycles. The third-order valence-electron chi connectivity index (χ3n) is 5.08. The molecule has 3 nitrogen and oxygen atoms in total. The molecule has 0 bridgehead atoms. The monoisotopic (exact) mass is 427 g/mol. The van der Waals surface area contributed by atoms with E-state index in [1.165, 1.54) is 11.3 Å². The minimum atomic E-state index is -2.60. The molecule has 1 fully saturated rings. The number of fused-ring (bicyclic) bond motifs is 1. The van der Waals surface area contributed by atoms with Gasteiger partial charge in [0, 0.05) is 34.3 Å². The Morgan fingerprint density at radius 2 is 2.15 bits per heavy atom. The molecular formula is C19H20ClF2N3S2. The quantitative estimate of drug-likeness (QED) is 0.454. The van der Waals surface area contributed by atoms with E-state index in [0.29, 0.717) is 16.9 Å². The number of halogens is 3. The predicted molar refractivity (Wildman–Crippen MR) is 110 cm³/mol. The lowest BCUT2D eigenvalue weighted by Gasteiger charge is -2.28. The van der Waals surface area contributed by atoms with Crippen LogP contribution in [0.1, 0.15) is 53.3 Å². The van der Waals surface area contributed by atoms with Gasteiger partial charge in [-0.15, -0.1) is 22.7 Å². The Hall–Kier alpha value is -1.28.